The highest BCUT2D eigenvalue weighted by atomic mass is 35.5. The summed E-state index contributed by atoms with van der Waals surface area (Å²) in [4.78, 5) is 15.4. The Kier molecular flexibility index (Phi) is 6.33. The number of unbranched alkanes of at least 4 members (excludes halogenated alkanes) is 1. The number of aryl methyl sites for hydroxylation is 1. The van der Waals surface area contributed by atoms with E-state index in [1.807, 2.05) is 45.9 Å². The minimum absolute atomic E-state index is 0.174. The van der Waals surface area contributed by atoms with Gasteiger partial charge < -0.3 is 15.1 Å². The standard InChI is InChI=1S/C27H38ClN3O3/c1-8-9-12-30-19-11-10-16(28)13-18(19)27(6,7)20(30)14-17-23(32)22(24(17)33)21-15(2)29-31(25(21)34)26(3,4)5/h10-11,13-14,17,22-24,29,32-33H,8-9,12H2,1-7H3. The van der Waals surface area contributed by atoms with Gasteiger partial charge in [-0.3, -0.25) is 9.89 Å². The molecule has 0 saturated heterocycles. The number of aliphatic hydroxyl groups excluding tert-OH is 2. The number of halogens is 1. The number of hydrogen-bond acceptors (Lipinski definition) is 4. The van der Waals surface area contributed by atoms with Crippen molar-refractivity contribution in [2.24, 2.45) is 5.92 Å². The van der Waals surface area contributed by atoms with E-state index in [9.17, 15) is 15.0 Å². The molecule has 0 radical (unpaired) electrons. The van der Waals surface area contributed by atoms with E-state index >= 15 is 0 Å². The van der Waals surface area contributed by atoms with Crippen LogP contribution in [0.1, 0.15) is 77.1 Å². The number of benzene rings is 1. The lowest BCUT2D eigenvalue weighted by Gasteiger charge is -2.46. The zero-order valence-electron chi connectivity index (χ0n) is 21.3. The quantitative estimate of drug-likeness (QED) is 0.565. The Morgan fingerprint density at radius 1 is 1.21 bits per heavy atom. The van der Waals surface area contributed by atoms with E-state index in [-0.39, 0.29) is 11.0 Å². The minimum Gasteiger partial charge on any atom is -0.392 e. The molecule has 2 aromatic rings. The largest absolute Gasteiger partial charge is 0.392 e. The van der Waals surface area contributed by atoms with Crippen LogP contribution in [0.25, 0.3) is 0 Å². The molecule has 1 aliphatic carbocycles. The SMILES string of the molecule is CCCCN1C(=CC2C(O)C(c3c(C)[nH]n(C(C)(C)C)c3=O)C2O)C(C)(C)c2cc(Cl)ccc21. The maximum Gasteiger partial charge on any atom is 0.270 e. The molecule has 2 heterocycles. The maximum absolute atomic E-state index is 13.1. The highest BCUT2D eigenvalue weighted by molar-refractivity contribution is 6.30. The van der Waals surface area contributed by atoms with E-state index in [1.54, 1.807) is 4.68 Å². The summed E-state index contributed by atoms with van der Waals surface area (Å²) in [5.74, 6) is -1.07. The number of aromatic amines is 1. The fourth-order valence-corrected chi connectivity index (χ4v) is 5.76. The molecule has 3 N–H and O–H groups in total. The molecule has 1 saturated carbocycles. The molecule has 0 amide bonds. The van der Waals surface area contributed by atoms with Gasteiger partial charge >= 0.3 is 0 Å². The highest BCUT2D eigenvalue weighted by Crippen LogP contribution is 2.51. The summed E-state index contributed by atoms with van der Waals surface area (Å²) in [5.41, 5.74) is 3.61. The Hall–Kier alpha value is -2.02. The number of nitrogens with zero attached hydrogens (tertiary/aromatic N) is 2. The van der Waals surface area contributed by atoms with Crippen molar-refractivity contribution < 1.29 is 10.2 Å². The summed E-state index contributed by atoms with van der Waals surface area (Å²) in [6.45, 7) is 15.0. The highest BCUT2D eigenvalue weighted by Gasteiger charge is 2.52. The van der Waals surface area contributed by atoms with Crippen molar-refractivity contribution in [3.05, 3.63) is 62.2 Å². The molecule has 2 atom stereocenters. The third-order valence-electron chi connectivity index (χ3n) is 7.59. The smallest absolute Gasteiger partial charge is 0.270 e. The molecule has 2 unspecified atom stereocenters. The van der Waals surface area contributed by atoms with Crippen LogP contribution in [0, 0.1) is 12.8 Å². The topological polar surface area (TPSA) is 81.5 Å². The number of fused-ring (bicyclic) bond motifs is 1. The van der Waals surface area contributed by atoms with Crippen molar-refractivity contribution in [2.45, 2.75) is 90.4 Å². The van der Waals surface area contributed by atoms with Gasteiger partial charge in [0, 0.05) is 51.5 Å². The van der Waals surface area contributed by atoms with E-state index in [1.165, 1.54) is 0 Å². The summed E-state index contributed by atoms with van der Waals surface area (Å²) in [6, 6.07) is 5.99. The van der Waals surface area contributed by atoms with Crippen LogP contribution in [0.3, 0.4) is 0 Å². The van der Waals surface area contributed by atoms with E-state index < -0.39 is 29.6 Å². The van der Waals surface area contributed by atoms with Gasteiger partial charge in [0.15, 0.2) is 0 Å². The van der Waals surface area contributed by atoms with Crippen molar-refractivity contribution in [3.8, 4) is 0 Å². The molecule has 0 bridgehead atoms. The Morgan fingerprint density at radius 3 is 2.41 bits per heavy atom. The first-order valence-corrected chi connectivity index (χ1v) is 12.7. The van der Waals surface area contributed by atoms with Gasteiger partial charge in [-0.25, -0.2) is 4.68 Å². The number of aliphatic hydroxyl groups is 2. The molecule has 34 heavy (non-hydrogen) atoms. The van der Waals surface area contributed by atoms with Crippen LogP contribution < -0.4 is 10.5 Å². The predicted molar refractivity (Wildman–Crippen MR) is 138 cm³/mol. The first-order chi connectivity index (χ1) is 15.8. The van der Waals surface area contributed by atoms with Crippen molar-refractivity contribution in [3.63, 3.8) is 0 Å². The normalized spacial score (nSPS) is 27.2. The van der Waals surface area contributed by atoms with Crippen LogP contribution in [0.15, 0.2) is 34.8 Å². The van der Waals surface area contributed by atoms with Gasteiger partial charge in [-0.2, -0.15) is 0 Å². The Bertz CT molecular complexity index is 1160. The monoisotopic (exact) mass is 487 g/mol. The van der Waals surface area contributed by atoms with Crippen molar-refractivity contribution in [2.75, 3.05) is 11.4 Å². The zero-order chi connectivity index (χ0) is 25.2. The predicted octanol–water partition coefficient (Wildman–Crippen LogP) is 4.81. The second-order valence-electron chi connectivity index (χ2n) is 11.4. The summed E-state index contributed by atoms with van der Waals surface area (Å²) in [7, 11) is 0. The molecule has 1 aromatic carbocycles. The first kappa shape index (κ1) is 25.1. The Labute approximate surface area is 207 Å². The van der Waals surface area contributed by atoms with Crippen molar-refractivity contribution in [1.82, 2.24) is 9.78 Å². The Morgan fingerprint density at radius 2 is 1.85 bits per heavy atom. The van der Waals surface area contributed by atoms with Gasteiger partial charge in [-0.1, -0.05) is 44.9 Å². The van der Waals surface area contributed by atoms with Gasteiger partial charge in [0.1, 0.15) is 0 Å². The molecule has 4 rings (SSSR count). The number of allylic oxidation sites excluding steroid dienone is 1. The molecule has 186 valence electrons. The minimum atomic E-state index is -0.839. The first-order valence-electron chi connectivity index (χ1n) is 12.3. The number of rotatable bonds is 5. The number of aromatic nitrogens is 2. The zero-order valence-corrected chi connectivity index (χ0v) is 22.1. The Balaban J connectivity index is 1.70. The van der Waals surface area contributed by atoms with E-state index in [4.69, 9.17) is 11.6 Å². The summed E-state index contributed by atoms with van der Waals surface area (Å²) >= 11 is 6.34. The molecule has 2 aliphatic rings. The molecule has 6 nitrogen and oxygen atoms in total. The van der Waals surface area contributed by atoms with E-state index in [2.05, 4.69) is 36.8 Å². The van der Waals surface area contributed by atoms with Gasteiger partial charge in [0.2, 0.25) is 0 Å². The average molecular weight is 488 g/mol. The third kappa shape index (κ3) is 3.84. The van der Waals surface area contributed by atoms with E-state index in [0.29, 0.717) is 16.3 Å². The number of hydrogen-bond donors (Lipinski definition) is 3. The number of nitrogens with one attached hydrogen (secondary N) is 1. The molecule has 7 heteroatoms. The number of H-pyrrole nitrogens is 1. The molecule has 0 spiro atoms. The molecule has 1 aliphatic heterocycles. The molecule has 1 aromatic heterocycles. The lowest BCUT2D eigenvalue weighted by molar-refractivity contribution is -0.0953. The van der Waals surface area contributed by atoms with Crippen LogP contribution in [-0.4, -0.2) is 38.7 Å². The average Bonchev–Trinajstić information content (AvgIpc) is 3.15. The maximum atomic E-state index is 13.1. The fourth-order valence-electron chi connectivity index (χ4n) is 5.59. The number of anilines is 1. The van der Waals surface area contributed by atoms with Gasteiger partial charge in [-0.15, -0.1) is 0 Å². The third-order valence-corrected chi connectivity index (χ3v) is 7.82. The van der Waals surface area contributed by atoms with Crippen LogP contribution in [0.4, 0.5) is 5.69 Å². The summed E-state index contributed by atoms with van der Waals surface area (Å²) < 4.78 is 1.58. The van der Waals surface area contributed by atoms with E-state index in [0.717, 1.165) is 36.3 Å². The lowest BCUT2D eigenvalue weighted by Crippen LogP contribution is -2.55. The molecular formula is C27H38ClN3O3. The van der Waals surface area contributed by atoms with Crippen molar-refractivity contribution in [1.29, 1.82) is 0 Å². The summed E-state index contributed by atoms with van der Waals surface area (Å²) in [6.07, 6.45) is 2.45. The van der Waals surface area contributed by atoms with Gasteiger partial charge in [0.05, 0.1) is 17.7 Å². The second-order valence-corrected chi connectivity index (χ2v) is 11.8. The lowest BCUT2D eigenvalue weighted by atomic mass is 9.65. The van der Waals surface area contributed by atoms with Gasteiger partial charge in [-0.05, 0) is 57.9 Å². The second kappa shape index (κ2) is 8.58. The van der Waals surface area contributed by atoms with Gasteiger partial charge in [0.25, 0.3) is 5.56 Å². The van der Waals surface area contributed by atoms with Crippen molar-refractivity contribution >= 4 is 17.3 Å². The van der Waals surface area contributed by atoms with Crippen LogP contribution >= 0.6 is 11.6 Å². The summed E-state index contributed by atoms with van der Waals surface area (Å²) in [5, 5.41) is 26.2. The molecular weight excluding hydrogens is 450 g/mol. The van der Waals surface area contributed by atoms with Crippen LogP contribution in [-0.2, 0) is 11.0 Å². The van der Waals surface area contributed by atoms with Crippen LogP contribution in [0.5, 0.6) is 0 Å². The fraction of sp³-hybridized carbons (Fsp3) is 0.593. The molecule has 1 fully saturated rings. The van der Waals surface area contributed by atoms with Crippen LogP contribution in [0.2, 0.25) is 5.02 Å².